The van der Waals surface area contributed by atoms with Crippen molar-refractivity contribution in [2.45, 2.75) is 6.10 Å². The Hall–Kier alpha value is -0.990. The molecule has 0 spiro atoms. The second kappa shape index (κ2) is 7.52. The lowest BCUT2D eigenvalue weighted by molar-refractivity contribution is 0.0321. The smallest absolute Gasteiger partial charge is 0.278 e. The highest BCUT2D eigenvalue weighted by atomic mass is 32.2. The highest BCUT2D eigenvalue weighted by Gasteiger charge is 2.29. The number of nitrogens with zero attached hydrogens (tertiary/aromatic N) is 2. The quantitative estimate of drug-likeness (QED) is 0.865. The number of hydrogen-bond acceptors (Lipinski definition) is 4. The molecule has 1 N–H and O–H groups in total. The van der Waals surface area contributed by atoms with Crippen LogP contribution in [0.5, 0.6) is 0 Å². The molecule has 1 saturated heterocycles. The van der Waals surface area contributed by atoms with Gasteiger partial charge in [0, 0.05) is 39.6 Å². The van der Waals surface area contributed by atoms with Crippen LogP contribution in [0, 0.1) is 5.92 Å². The largest absolute Gasteiger partial charge is 0.372 e. The van der Waals surface area contributed by atoms with Crippen molar-refractivity contribution in [3.8, 4) is 0 Å². The predicted octanol–water partition coefficient (Wildman–Crippen LogP) is 0.702. The van der Waals surface area contributed by atoms with Crippen molar-refractivity contribution in [2.24, 2.45) is 5.92 Å². The Balaban J connectivity index is 2.15. The molecule has 1 aliphatic rings. The second-order valence-corrected chi connectivity index (χ2v) is 7.83. The van der Waals surface area contributed by atoms with E-state index in [1.165, 1.54) is 18.4 Å². The molecule has 1 aliphatic heterocycles. The fourth-order valence-corrected chi connectivity index (χ4v) is 3.27. The zero-order chi connectivity index (χ0) is 16.2. The number of likely N-dealkylation sites (N-methyl/N-ethyl adjacent to an activating group) is 1. The topological polar surface area (TPSA) is 61.9 Å². The van der Waals surface area contributed by atoms with Gasteiger partial charge in [-0.25, -0.2) is 4.72 Å². The van der Waals surface area contributed by atoms with Crippen LogP contribution in [0.3, 0.4) is 0 Å². The second-order valence-electron chi connectivity index (χ2n) is 5.86. The van der Waals surface area contributed by atoms with Crippen molar-refractivity contribution in [1.29, 1.82) is 0 Å². The molecular formula is C15H25N3O3S. The van der Waals surface area contributed by atoms with E-state index >= 15 is 0 Å². The van der Waals surface area contributed by atoms with Crippen LogP contribution in [0.4, 0.5) is 0 Å². The molecule has 2 atom stereocenters. The molecule has 6 nitrogen and oxygen atoms in total. The standard InChI is InChI=1S/C15H25N3O3S/c1-17(2)22(19,20)16-11-14-12-18(3)9-10-21-15(14)13-7-5-4-6-8-13/h4-8,14-16H,9-12H2,1-3H3/t14-,15?/m0/s1. The Kier molecular flexibility index (Phi) is 5.94. The summed E-state index contributed by atoms with van der Waals surface area (Å²) in [6.45, 7) is 2.63. The van der Waals surface area contributed by atoms with E-state index in [0.29, 0.717) is 13.2 Å². The maximum atomic E-state index is 11.9. The lowest BCUT2D eigenvalue weighted by Gasteiger charge is -2.27. The number of rotatable bonds is 5. The first-order valence-corrected chi connectivity index (χ1v) is 8.86. The number of nitrogens with one attached hydrogen (secondary N) is 1. The summed E-state index contributed by atoms with van der Waals surface area (Å²) in [5, 5.41) is 0. The minimum absolute atomic E-state index is 0.0598. The van der Waals surface area contributed by atoms with Crippen LogP contribution in [0.15, 0.2) is 30.3 Å². The van der Waals surface area contributed by atoms with Crippen molar-refractivity contribution in [1.82, 2.24) is 13.9 Å². The van der Waals surface area contributed by atoms with Crippen molar-refractivity contribution in [3.63, 3.8) is 0 Å². The summed E-state index contributed by atoms with van der Waals surface area (Å²) in [4.78, 5) is 2.18. The molecule has 1 unspecified atom stereocenters. The normalized spacial score (nSPS) is 24.4. The summed E-state index contributed by atoms with van der Waals surface area (Å²) in [7, 11) is 1.65. The van der Waals surface area contributed by atoms with Gasteiger partial charge in [-0.3, -0.25) is 0 Å². The van der Waals surface area contributed by atoms with Gasteiger partial charge in [-0.1, -0.05) is 30.3 Å². The first-order chi connectivity index (χ1) is 10.4. The molecule has 0 amide bonds. The highest BCUT2D eigenvalue weighted by Crippen LogP contribution is 2.28. The van der Waals surface area contributed by atoms with Crippen LogP contribution in [0.25, 0.3) is 0 Å². The van der Waals surface area contributed by atoms with Gasteiger partial charge in [0.05, 0.1) is 12.7 Å². The molecule has 1 aromatic rings. The third-order valence-corrected chi connectivity index (χ3v) is 5.37. The number of benzene rings is 1. The SMILES string of the molecule is CN1CCOC(c2ccccc2)[C@@H](CNS(=O)(=O)N(C)C)C1. The van der Waals surface area contributed by atoms with Crippen LogP contribution >= 0.6 is 0 Å². The van der Waals surface area contributed by atoms with Gasteiger partial charge in [-0.2, -0.15) is 12.7 Å². The molecule has 22 heavy (non-hydrogen) atoms. The van der Waals surface area contributed by atoms with Gasteiger partial charge >= 0.3 is 0 Å². The monoisotopic (exact) mass is 327 g/mol. The van der Waals surface area contributed by atoms with Crippen LogP contribution < -0.4 is 4.72 Å². The molecule has 0 aromatic heterocycles. The molecule has 0 saturated carbocycles. The van der Waals surface area contributed by atoms with Gasteiger partial charge in [0.2, 0.25) is 0 Å². The fraction of sp³-hybridized carbons (Fsp3) is 0.600. The Labute approximate surface area is 133 Å². The molecular weight excluding hydrogens is 302 g/mol. The maximum Gasteiger partial charge on any atom is 0.278 e. The summed E-state index contributed by atoms with van der Waals surface area (Å²) in [5.74, 6) is 0.0598. The fourth-order valence-electron chi connectivity index (χ4n) is 2.58. The lowest BCUT2D eigenvalue weighted by Crippen LogP contribution is -2.41. The predicted molar refractivity (Wildman–Crippen MR) is 86.7 cm³/mol. The van der Waals surface area contributed by atoms with Crippen LogP contribution in [0.2, 0.25) is 0 Å². The average Bonchev–Trinajstić information content (AvgIpc) is 2.67. The number of hydrogen-bond donors (Lipinski definition) is 1. The maximum absolute atomic E-state index is 11.9. The molecule has 0 aliphatic carbocycles. The summed E-state index contributed by atoms with van der Waals surface area (Å²) in [5.41, 5.74) is 1.09. The van der Waals surface area contributed by atoms with Crippen LogP contribution in [-0.4, -0.2) is 65.0 Å². The van der Waals surface area contributed by atoms with E-state index in [1.807, 2.05) is 37.4 Å². The summed E-state index contributed by atoms with van der Waals surface area (Å²) < 4.78 is 33.7. The van der Waals surface area contributed by atoms with Crippen molar-refractivity contribution in [3.05, 3.63) is 35.9 Å². The molecule has 1 heterocycles. The molecule has 2 rings (SSSR count). The van der Waals surface area contributed by atoms with E-state index in [-0.39, 0.29) is 12.0 Å². The highest BCUT2D eigenvalue weighted by molar-refractivity contribution is 7.87. The Morgan fingerprint density at radius 3 is 2.64 bits per heavy atom. The zero-order valence-corrected chi connectivity index (χ0v) is 14.2. The van der Waals surface area contributed by atoms with Crippen molar-refractivity contribution in [2.75, 3.05) is 47.4 Å². The van der Waals surface area contributed by atoms with Crippen molar-refractivity contribution >= 4 is 10.2 Å². The third kappa shape index (κ3) is 4.50. The molecule has 1 fully saturated rings. The van der Waals surface area contributed by atoms with Crippen LogP contribution in [0.1, 0.15) is 11.7 Å². The first-order valence-electron chi connectivity index (χ1n) is 7.42. The van der Waals surface area contributed by atoms with Gasteiger partial charge in [-0.05, 0) is 12.6 Å². The molecule has 7 heteroatoms. The lowest BCUT2D eigenvalue weighted by atomic mass is 9.95. The van der Waals surface area contributed by atoms with Gasteiger partial charge < -0.3 is 9.64 Å². The van der Waals surface area contributed by atoms with Gasteiger partial charge in [0.15, 0.2) is 0 Å². The van der Waals surface area contributed by atoms with Crippen LogP contribution in [-0.2, 0) is 14.9 Å². The molecule has 0 bridgehead atoms. The van der Waals surface area contributed by atoms with Gasteiger partial charge in [0.1, 0.15) is 0 Å². The summed E-state index contributed by atoms with van der Waals surface area (Å²) in [6, 6.07) is 9.99. The first kappa shape index (κ1) is 17.4. The minimum Gasteiger partial charge on any atom is -0.372 e. The summed E-state index contributed by atoms with van der Waals surface area (Å²) >= 11 is 0. The van der Waals surface area contributed by atoms with E-state index in [4.69, 9.17) is 4.74 Å². The van der Waals surface area contributed by atoms with E-state index in [9.17, 15) is 8.42 Å². The molecule has 0 radical (unpaired) electrons. The van der Waals surface area contributed by atoms with E-state index in [0.717, 1.165) is 18.7 Å². The van der Waals surface area contributed by atoms with E-state index < -0.39 is 10.2 Å². The third-order valence-electron chi connectivity index (χ3n) is 3.88. The summed E-state index contributed by atoms with van der Waals surface area (Å²) in [6.07, 6.45) is -0.101. The molecule has 1 aromatic carbocycles. The number of ether oxygens (including phenoxy) is 1. The van der Waals surface area contributed by atoms with E-state index in [1.54, 1.807) is 0 Å². The van der Waals surface area contributed by atoms with Gasteiger partial charge in [-0.15, -0.1) is 0 Å². The van der Waals surface area contributed by atoms with Crippen molar-refractivity contribution < 1.29 is 13.2 Å². The Bertz CT molecular complexity index is 563. The Morgan fingerprint density at radius 2 is 2.00 bits per heavy atom. The zero-order valence-electron chi connectivity index (χ0n) is 13.4. The average molecular weight is 327 g/mol. The molecule has 124 valence electrons. The minimum atomic E-state index is -3.42. The van der Waals surface area contributed by atoms with E-state index in [2.05, 4.69) is 9.62 Å². The Morgan fingerprint density at radius 1 is 1.32 bits per heavy atom. The van der Waals surface area contributed by atoms with Gasteiger partial charge in [0.25, 0.3) is 10.2 Å².